The molecule has 0 unspecified atom stereocenters. The molecule has 0 radical (unpaired) electrons. The Balaban J connectivity index is 1.87. The van der Waals surface area contributed by atoms with Crippen molar-refractivity contribution in [3.05, 3.63) is 47.5 Å². The van der Waals surface area contributed by atoms with Crippen LogP contribution in [-0.2, 0) is 14.8 Å². The van der Waals surface area contributed by atoms with Gasteiger partial charge in [0.1, 0.15) is 25.2 Å². The Morgan fingerprint density at radius 1 is 1.09 bits per heavy atom. The lowest BCUT2D eigenvalue weighted by atomic mass is 10.0. The number of hydrogen-bond acceptors (Lipinski definition) is 3. The first-order valence-electron chi connectivity index (χ1n) is 7.96. The topological polar surface area (TPSA) is 59.8 Å². The quantitative estimate of drug-likeness (QED) is 0.855. The predicted octanol–water partition coefficient (Wildman–Crippen LogP) is 0.400. The average Bonchev–Trinajstić information content (AvgIpc) is 2.83. The summed E-state index contributed by atoms with van der Waals surface area (Å²) in [6.45, 7) is 3.25. The average molecular weight is 333 g/mol. The molecule has 2 aromatic rings. The molecule has 1 aliphatic heterocycles. The molecule has 4 rings (SSSR count). The fourth-order valence-corrected chi connectivity index (χ4v) is 4.76. The zero-order valence-corrected chi connectivity index (χ0v) is 13.9. The lowest BCUT2D eigenvalue weighted by Crippen LogP contribution is -3.14. The molecule has 1 saturated heterocycles. The van der Waals surface area contributed by atoms with Crippen molar-refractivity contribution in [1.82, 2.24) is 4.72 Å². The van der Waals surface area contributed by atoms with Crippen LogP contribution in [0.4, 0.5) is 0 Å². The van der Waals surface area contributed by atoms with E-state index in [9.17, 15) is 8.42 Å². The van der Waals surface area contributed by atoms with Crippen molar-refractivity contribution in [1.29, 1.82) is 0 Å². The molecule has 0 saturated carbocycles. The van der Waals surface area contributed by atoms with E-state index in [2.05, 4.69) is 35.1 Å². The van der Waals surface area contributed by atoms with Crippen LogP contribution in [0.1, 0.15) is 23.2 Å². The largest absolute Gasteiger partial charge is 0.370 e. The maximum absolute atomic E-state index is 11.9. The number of benzene rings is 2. The lowest BCUT2D eigenvalue weighted by molar-refractivity contribution is -0.940. The summed E-state index contributed by atoms with van der Waals surface area (Å²) in [4.78, 5) is 1.39. The highest BCUT2D eigenvalue weighted by molar-refractivity contribution is 7.88. The monoisotopic (exact) mass is 333 g/mol. The standard InChI is InChI=1S/C17H20N2O3S/c1-23(20,21)18-16-13-6-2-4-12-5-3-7-14(15(12)13)17(16)19-8-10-22-11-9-19/h2-7,16-18H,8-11H2,1H3/p+1/t16-,17-/m0/s1. The van der Waals surface area contributed by atoms with Gasteiger partial charge in [-0.05, 0) is 16.3 Å². The maximum atomic E-state index is 11.9. The minimum atomic E-state index is -3.29. The number of morpholine rings is 1. The van der Waals surface area contributed by atoms with Crippen molar-refractivity contribution in [2.45, 2.75) is 12.1 Å². The molecular formula is C17H21N2O3S+. The third-order valence-electron chi connectivity index (χ3n) is 4.89. The summed E-state index contributed by atoms with van der Waals surface area (Å²) < 4.78 is 32.3. The highest BCUT2D eigenvalue weighted by Crippen LogP contribution is 2.42. The van der Waals surface area contributed by atoms with Crippen LogP contribution in [0.5, 0.6) is 0 Å². The molecule has 0 amide bonds. The number of sulfonamides is 1. The van der Waals surface area contributed by atoms with Gasteiger partial charge in [0, 0.05) is 5.56 Å². The molecule has 122 valence electrons. The third-order valence-corrected chi connectivity index (χ3v) is 5.57. The van der Waals surface area contributed by atoms with Gasteiger partial charge in [-0.2, -0.15) is 0 Å². The zero-order chi connectivity index (χ0) is 16.0. The highest BCUT2D eigenvalue weighted by atomic mass is 32.2. The van der Waals surface area contributed by atoms with Crippen molar-refractivity contribution in [3.63, 3.8) is 0 Å². The Kier molecular flexibility index (Phi) is 3.65. The molecule has 0 bridgehead atoms. The second kappa shape index (κ2) is 5.56. The first kappa shape index (κ1) is 15.1. The second-order valence-corrected chi connectivity index (χ2v) is 8.19. The molecule has 2 N–H and O–H groups in total. The van der Waals surface area contributed by atoms with E-state index in [4.69, 9.17) is 4.74 Å². The van der Waals surface area contributed by atoms with Gasteiger partial charge in [0.15, 0.2) is 0 Å². The second-order valence-electron chi connectivity index (χ2n) is 6.41. The van der Waals surface area contributed by atoms with Gasteiger partial charge in [0.25, 0.3) is 0 Å². The number of nitrogens with one attached hydrogen (secondary N) is 2. The van der Waals surface area contributed by atoms with Gasteiger partial charge in [0.2, 0.25) is 10.0 Å². The highest BCUT2D eigenvalue weighted by Gasteiger charge is 2.42. The first-order chi connectivity index (χ1) is 11.0. The van der Waals surface area contributed by atoms with Crippen LogP contribution in [0.15, 0.2) is 36.4 Å². The van der Waals surface area contributed by atoms with E-state index in [0.717, 1.165) is 31.9 Å². The van der Waals surface area contributed by atoms with Crippen LogP contribution in [0, 0.1) is 0 Å². The Labute approximate surface area is 136 Å². The zero-order valence-electron chi connectivity index (χ0n) is 13.1. The minimum Gasteiger partial charge on any atom is -0.370 e. The Morgan fingerprint density at radius 3 is 2.39 bits per heavy atom. The third kappa shape index (κ3) is 2.65. The van der Waals surface area contributed by atoms with Gasteiger partial charge in [-0.1, -0.05) is 36.4 Å². The molecule has 5 nitrogen and oxygen atoms in total. The van der Waals surface area contributed by atoms with E-state index >= 15 is 0 Å². The Bertz CT molecular complexity index is 839. The van der Waals surface area contributed by atoms with Crippen LogP contribution < -0.4 is 9.62 Å². The van der Waals surface area contributed by atoms with Gasteiger partial charge in [0.05, 0.1) is 19.5 Å². The van der Waals surface area contributed by atoms with Crippen molar-refractivity contribution in [3.8, 4) is 0 Å². The Morgan fingerprint density at radius 2 is 1.74 bits per heavy atom. The lowest BCUT2D eigenvalue weighted by Gasteiger charge is -2.33. The van der Waals surface area contributed by atoms with Gasteiger partial charge < -0.3 is 9.64 Å². The first-order valence-corrected chi connectivity index (χ1v) is 9.85. The van der Waals surface area contributed by atoms with Crippen molar-refractivity contribution < 1.29 is 18.1 Å². The van der Waals surface area contributed by atoms with E-state index in [0.29, 0.717) is 0 Å². The fourth-order valence-electron chi connectivity index (χ4n) is 4.04. The predicted molar refractivity (Wildman–Crippen MR) is 88.9 cm³/mol. The minimum absolute atomic E-state index is 0.106. The van der Waals surface area contributed by atoms with Crippen LogP contribution in [0.25, 0.3) is 10.8 Å². The molecule has 1 aliphatic carbocycles. The van der Waals surface area contributed by atoms with Crippen LogP contribution >= 0.6 is 0 Å². The molecule has 2 aliphatic rings. The number of quaternary nitrogens is 1. The van der Waals surface area contributed by atoms with Crippen molar-refractivity contribution in [2.75, 3.05) is 32.6 Å². The molecule has 6 heteroatoms. The molecule has 0 spiro atoms. The van der Waals surface area contributed by atoms with E-state index in [1.54, 1.807) is 0 Å². The summed E-state index contributed by atoms with van der Waals surface area (Å²) in [6, 6.07) is 12.4. The number of rotatable bonds is 3. The summed E-state index contributed by atoms with van der Waals surface area (Å²) in [5.74, 6) is 0. The van der Waals surface area contributed by atoms with Gasteiger partial charge in [-0.15, -0.1) is 0 Å². The summed E-state index contributed by atoms with van der Waals surface area (Å²) in [5, 5.41) is 2.38. The SMILES string of the molecule is CS(=O)(=O)N[C@H]1c2cccc3cccc(c23)[C@@H]1[NH+]1CCOCC1. The number of hydrogen-bond donors (Lipinski definition) is 2. The van der Waals surface area contributed by atoms with Crippen LogP contribution in [0.3, 0.4) is 0 Å². The number of ether oxygens (including phenoxy) is 1. The normalized spacial score (nSPS) is 25.1. The molecule has 2 atom stereocenters. The smallest absolute Gasteiger partial charge is 0.209 e. The van der Waals surface area contributed by atoms with Crippen LogP contribution in [-0.4, -0.2) is 41.0 Å². The maximum Gasteiger partial charge on any atom is 0.209 e. The molecule has 1 heterocycles. The molecule has 2 aromatic carbocycles. The van der Waals surface area contributed by atoms with Gasteiger partial charge in [-0.25, -0.2) is 13.1 Å². The van der Waals surface area contributed by atoms with E-state index in [1.165, 1.54) is 27.5 Å². The summed E-state index contributed by atoms with van der Waals surface area (Å²) >= 11 is 0. The van der Waals surface area contributed by atoms with Crippen molar-refractivity contribution >= 4 is 20.8 Å². The van der Waals surface area contributed by atoms with Gasteiger partial charge >= 0.3 is 0 Å². The van der Waals surface area contributed by atoms with Crippen LogP contribution in [0.2, 0.25) is 0 Å². The molecule has 23 heavy (non-hydrogen) atoms. The molecule has 0 aromatic heterocycles. The summed E-state index contributed by atoms with van der Waals surface area (Å²) in [5.41, 5.74) is 2.34. The fraction of sp³-hybridized carbons (Fsp3) is 0.412. The summed E-state index contributed by atoms with van der Waals surface area (Å²) in [7, 11) is -3.29. The van der Waals surface area contributed by atoms with Crippen molar-refractivity contribution in [2.24, 2.45) is 0 Å². The van der Waals surface area contributed by atoms with E-state index in [-0.39, 0.29) is 12.1 Å². The van der Waals surface area contributed by atoms with E-state index in [1.807, 2.05) is 6.07 Å². The molecule has 1 fully saturated rings. The van der Waals surface area contributed by atoms with Gasteiger partial charge in [-0.3, -0.25) is 0 Å². The van der Waals surface area contributed by atoms with E-state index < -0.39 is 10.0 Å². The summed E-state index contributed by atoms with van der Waals surface area (Å²) in [6.07, 6.45) is 1.24. The Hall–Kier alpha value is -1.47. The molecular weight excluding hydrogens is 312 g/mol.